The molecule has 1 aromatic carbocycles. The van der Waals surface area contributed by atoms with Crippen molar-refractivity contribution in [1.29, 1.82) is 0 Å². The van der Waals surface area contributed by atoms with E-state index < -0.39 is 7.14 Å². The number of benzene rings is 1. The number of rotatable bonds is 2. The van der Waals surface area contributed by atoms with Crippen LogP contribution >= 0.6 is 7.14 Å². The molecule has 4 heteroatoms. The van der Waals surface area contributed by atoms with Gasteiger partial charge in [0.2, 0.25) is 0 Å². The Kier molecular flexibility index (Phi) is 3.57. The summed E-state index contributed by atoms with van der Waals surface area (Å²) in [5, 5.41) is 5.40. The number of aromatic nitrogens is 2. The zero-order chi connectivity index (χ0) is 15.2. The highest BCUT2D eigenvalue weighted by molar-refractivity contribution is 7.70. The third-order valence-electron chi connectivity index (χ3n) is 4.58. The molecule has 3 nitrogen and oxygen atoms in total. The van der Waals surface area contributed by atoms with Crippen LogP contribution < -0.4 is 5.30 Å². The highest BCUT2D eigenvalue weighted by atomic mass is 31.2. The van der Waals surface area contributed by atoms with E-state index in [0.29, 0.717) is 0 Å². The zero-order valence-corrected chi connectivity index (χ0v) is 14.2. The monoisotopic (exact) mass is 302 g/mol. The van der Waals surface area contributed by atoms with Gasteiger partial charge >= 0.3 is 0 Å². The van der Waals surface area contributed by atoms with E-state index in [2.05, 4.69) is 31.1 Å². The van der Waals surface area contributed by atoms with E-state index in [1.807, 2.05) is 10.9 Å². The second kappa shape index (κ2) is 5.14. The van der Waals surface area contributed by atoms with Crippen molar-refractivity contribution in [3.05, 3.63) is 46.8 Å². The highest BCUT2D eigenvalue weighted by Crippen LogP contribution is 2.38. The minimum Gasteiger partial charge on any atom is -0.319 e. The fourth-order valence-corrected chi connectivity index (χ4v) is 4.07. The Morgan fingerprint density at radius 2 is 1.95 bits per heavy atom. The number of hydrogen-bond acceptors (Lipinski definition) is 2. The molecule has 1 aliphatic carbocycles. The first-order chi connectivity index (χ1) is 9.88. The van der Waals surface area contributed by atoms with Crippen molar-refractivity contribution in [3.63, 3.8) is 0 Å². The maximum absolute atomic E-state index is 12.2. The van der Waals surface area contributed by atoms with Crippen LogP contribution in [0.1, 0.15) is 41.1 Å². The molecule has 0 bridgehead atoms. The summed E-state index contributed by atoms with van der Waals surface area (Å²) in [6.45, 7) is 7.99. The smallest absolute Gasteiger partial charge is 0.112 e. The molecule has 0 saturated heterocycles. The van der Waals surface area contributed by atoms with Crippen molar-refractivity contribution in [3.8, 4) is 0 Å². The molecular formula is C17H23N2OP. The van der Waals surface area contributed by atoms with Gasteiger partial charge in [0.25, 0.3) is 0 Å². The lowest BCUT2D eigenvalue weighted by molar-refractivity contribution is 0.448. The number of hydrogen-bond donors (Lipinski definition) is 0. The van der Waals surface area contributed by atoms with Gasteiger partial charge in [0.05, 0.1) is 12.2 Å². The molecule has 3 rings (SSSR count). The van der Waals surface area contributed by atoms with E-state index in [4.69, 9.17) is 0 Å². The van der Waals surface area contributed by atoms with Gasteiger partial charge in [0.15, 0.2) is 0 Å². The van der Waals surface area contributed by atoms with Crippen LogP contribution in [0.15, 0.2) is 24.5 Å². The van der Waals surface area contributed by atoms with Gasteiger partial charge in [-0.2, -0.15) is 5.10 Å². The Morgan fingerprint density at radius 3 is 2.62 bits per heavy atom. The van der Waals surface area contributed by atoms with Crippen LogP contribution in [0.4, 0.5) is 0 Å². The minimum absolute atomic E-state index is 0.286. The average Bonchev–Trinajstić information content (AvgIpc) is 2.92. The highest BCUT2D eigenvalue weighted by Gasteiger charge is 2.26. The van der Waals surface area contributed by atoms with Crippen LogP contribution in [-0.4, -0.2) is 23.1 Å². The van der Waals surface area contributed by atoms with Crippen LogP contribution in [0.25, 0.3) is 0 Å². The van der Waals surface area contributed by atoms with E-state index in [1.54, 1.807) is 19.5 Å². The summed E-state index contributed by atoms with van der Waals surface area (Å²) in [5.41, 5.74) is 5.63. The van der Waals surface area contributed by atoms with E-state index in [-0.39, 0.29) is 6.04 Å². The van der Waals surface area contributed by atoms with Crippen molar-refractivity contribution in [2.45, 2.75) is 39.2 Å². The molecule has 1 aromatic heterocycles. The summed E-state index contributed by atoms with van der Waals surface area (Å²) in [5.74, 6) is 0. The summed E-state index contributed by atoms with van der Waals surface area (Å²) in [6, 6.07) is 4.72. The van der Waals surface area contributed by atoms with Gasteiger partial charge in [-0.3, -0.25) is 4.68 Å². The molecule has 2 aromatic rings. The Bertz CT molecular complexity index is 726. The summed E-state index contributed by atoms with van der Waals surface area (Å²) in [6.07, 6.45) is 7.22. The second-order valence-corrected chi connectivity index (χ2v) is 9.75. The summed E-state index contributed by atoms with van der Waals surface area (Å²) in [7, 11) is -2.24. The topological polar surface area (TPSA) is 34.9 Å². The van der Waals surface area contributed by atoms with Gasteiger partial charge in [-0.1, -0.05) is 12.1 Å². The minimum atomic E-state index is -2.24. The van der Waals surface area contributed by atoms with Crippen LogP contribution in [0, 0.1) is 13.8 Å². The van der Waals surface area contributed by atoms with Crippen molar-refractivity contribution < 1.29 is 4.57 Å². The molecule has 0 N–H and O–H groups in total. The lowest BCUT2D eigenvalue weighted by Crippen LogP contribution is -2.20. The molecule has 1 unspecified atom stereocenters. The first-order valence-electron chi connectivity index (χ1n) is 7.56. The average molecular weight is 302 g/mol. The third-order valence-corrected chi connectivity index (χ3v) is 6.05. The number of fused-ring (bicyclic) bond motifs is 1. The molecule has 112 valence electrons. The molecule has 0 amide bonds. The Morgan fingerprint density at radius 1 is 1.24 bits per heavy atom. The number of nitrogens with zero attached hydrogens (tertiary/aromatic N) is 2. The fourth-order valence-electron chi connectivity index (χ4n) is 3.34. The molecule has 0 aliphatic heterocycles. The lowest BCUT2D eigenvalue weighted by Gasteiger charge is -2.29. The SMILES string of the molecule is Cc1ccc(C)c2c1CCCC2n1cc(P(C)(C)=O)cn1. The van der Waals surface area contributed by atoms with E-state index >= 15 is 0 Å². The summed E-state index contributed by atoms with van der Waals surface area (Å²) >= 11 is 0. The first-order valence-corrected chi connectivity index (χ1v) is 10.2. The molecule has 1 aliphatic rings. The van der Waals surface area contributed by atoms with Gasteiger partial charge in [-0.05, 0) is 68.7 Å². The molecule has 0 radical (unpaired) electrons. The predicted molar refractivity (Wildman–Crippen MR) is 88.3 cm³/mol. The predicted octanol–water partition coefficient (Wildman–Crippen LogP) is 3.67. The molecule has 1 heterocycles. The Balaban J connectivity index is 2.09. The maximum Gasteiger partial charge on any atom is 0.112 e. The van der Waals surface area contributed by atoms with Gasteiger partial charge in [-0.15, -0.1) is 0 Å². The second-order valence-electron chi connectivity index (χ2n) is 6.53. The summed E-state index contributed by atoms with van der Waals surface area (Å²) < 4.78 is 14.3. The zero-order valence-electron chi connectivity index (χ0n) is 13.3. The van der Waals surface area contributed by atoms with Crippen molar-refractivity contribution >= 4 is 12.4 Å². The standard InChI is InChI=1S/C17H23N2OP/c1-12-8-9-13(2)17-15(12)6-5-7-16(17)19-11-14(10-18-19)21(3,4)20/h8-11,16H,5-7H2,1-4H3. The molecule has 0 spiro atoms. The van der Waals surface area contributed by atoms with Crippen molar-refractivity contribution in [1.82, 2.24) is 9.78 Å². The first kappa shape index (κ1) is 14.6. The fraction of sp³-hybridized carbons (Fsp3) is 0.471. The Labute approximate surface area is 126 Å². The normalized spacial score (nSPS) is 18.6. The van der Waals surface area contributed by atoms with Crippen LogP contribution in [-0.2, 0) is 11.0 Å². The van der Waals surface area contributed by atoms with Gasteiger partial charge in [-0.25, -0.2) is 0 Å². The van der Waals surface area contributed by atoms with E-state index in [1.165, 1.54) is 28.7 Å². The summed E-state index contributed by atoms with van der Waals surface area (Å²) in [4.78, 5) is 0. The largest absolute Gasteiger partial charge is 0.319 e. The molecule has 21 heavy (non-hydrogen) atoms. The maximum atomic E-state index is 12.2. The van der Waals surface area contributed by atoms with Crippen LogP contribution in [0.2, 0.25) is 0 Å². The number of aryl methyl sites for hydroxylation is 2. The third kappa shape index (κ3) is 2.60. The van der Waals surface area contributed by atoms with Crippen molar-refractivity contribution in [2.75, 3.05) is 13.3 Å². The van der Waals surface area contributed by atoms with Crippen molar-refractivity contribution in [2.24, 2.45) is 0 Å². The van der Waals surface area contributed by atoms with E-state index in [0.717, 1.165) is 18.1 Å². The van der Waals surface area contributed by atoms with E-state index in [9.17, 15) is 4.57 Å². The Hall–Kier alpha value is -1.34. The molecule has 0 fully saturated rings. The molecular weight excluding hydrogens is 279 g/mol. The van der Waals surface area contributed by atoms with Gasteiger partial charge in [0, 0.05) is 11.5 Å². The van der Waals surface area contributed by atoms with Crippen LogP contribution in [0.3, 0.4) is 0 Å². The van der Waals surface area contributed by atoms with Gasteiger partial charge in [0.1, 0.15) is 7.14 Å². The molecule has 1 atom stereocenters. The quantitative estimate of drug-likeness (QED) is 0.793. The lowest BCUT2D eigenvalue weighted by atomic mass is 9.82. The molecule has 0 saturated carbocycles. The van der Waals surface area contributed by atoms with Gasteiger partial charge < -0.3 is 4.57 Å². The van der Waals surface area contributed by atoms with Crippen LogP contribution in [0.5, 0.6) is 0 Å².